The van der Waals surface area contributed by atoms with Crippen LogP contribution < -0.4 is 4.74 Å². The lowest BCUT2D eigenvalue weighted by Crippen LogP contribution is -2.33. The molecule has 0 spiro atoms. The number of aryl methyl sites for hydroxylation is 1. The Morgan fingerprint density at radius 2 is 2.22 bits per heavy atom. The molecule has 2 heterocycles. The summed E-state index contributed by atoms with van der Waals surface area (Å²) in [6.45, 7) is 2.38. The van der Waals surface area contributed by atoms with Crippen LogP contribution in [0.1, 0.15) is 41.6 Å². The fourth-order valence-corrected chi connectivity index (χ4v) is 5.18. The SMILES string of the molecule is Cc1cc(OC[C@@H]2[C@H]3CC[C@H](c4nc(CO)cs4)O[C@H]3C[C@@H]2O)ccc1Cl. The van der Waals surface area contributed by atoms with Crippen molar-refractivity contribution in [1.82, 2.24) is 4.98 Å². The van der Waals surface area contributed by atoms with Crippen molar-refractivity contribution in [2.75, 3.05) is 6.61 Å². The highest BCUT2D eigenvalue weighted by Gasteiger charge is 2.47. The van der Waals surface area contributed by atoms with Crippen LogP contribution in [0.25, 0.3) is 0 Å². The van der Waals surface area contributed by atoms with Crippen molar-refractivity contribution in [2.45, 2.75) is 51.1 Å². The first-order chi connectivity index (χ1) is 13.0. The molecular formula is C20H24ClNO4S. The average Bonchev–Trinajstić information content (AvgIpc) is 3.26. The highest BCUT2D eigenvalue weighted by atomic mass is 35.5. The summed E-state index contributed by atoms with van der Waals surface area (Å²) < 4.78 is 12.2. The molecule has 1 aliphatic carbocycles. The van der Waals surface area contributed by atoms with Gasteiger partial charge in [-0.25, -0.2) is 4.98 Å². The molecule has 1 aliphatic heterocycles. The van der Waals surface area contributed by atoms with Crippen molar-refractivity contribution in [2.24, 2.45) is 11.8 Å². The minimum Gasteiger partial charge on any atom is -0.493 e. The lowest BCUT2D eigenvalue weighted by molar-refractivity contribution is -0.0812. The van der Waals surface area contributed by atoms with Crippen LogP contribution in [0.15, 0.2) is 23.6 Å². The number of ether oxygens (including phenoxy) is 2. The minimum absolute atomic E-state index is 0.0285. The summed E-state index contributed by atoms with van der Waals surface area (Å²) in [5.74, 6) is 1.14. The van der Waals surface area contributed by atoms with E-state index in [1.165, 1.54) is 11.3 Å². The van der Waals surface area contributed by atoms with Crippen LogP contribution in [0.4, 0.5) is 0 Å². The van der Waals surface area contributed by atoms with Crippen LogP contribution in [0.3, 0.4) is 0 Å². The second-order valence-electron chi connectivity index (χ2n) is 7.43. The van der Waals surface area contributed by atoms with Crippen LogP contribution in [-0.2, 0) is 11.3 Å². The van der Waals surface area contributed by atoms with Gasteiger partial charge in [-0.2, -0.15) is 0 Å². The summed E-state index contributed by atoms with van der Waals surface area (Å²) in [5, 5.41) is 23.3. The number of thiazole rings is 1. The van der Waals surface area contributed by atoms with Crippen molar-refractivity contribution in [1.29, 1.82) is 0 Å². The monoisotopic (exact) mass is 409 g/mol. The van der Waals surface area contributed by atoms with Gasteiger partial charge in [0.05, 0.1) is 31.1 Å². The number of halogens is 1. The van der Waals surface area contributed by atoms with E-state index in [-0.39, 0.29) is 24.7 Å². The summed E-state index contributed by atoms with van der Waals surface area (Å²) in [7, 11) is 0. The molecule has 1 saturated carbocycles. The Morgan fingerprint density at radius 3 is 2.96 bits per heavy atom. The van der Waals surface area contributed by atoms with Crippen LogP contribution in [-0.4, -0.2) is 34.0 Å². The van der Waals surface area contributed by atoms with E-state index >= 15 is 0 Å². The number of aliphatic hydroxyl groups excluding tert-OH is 2. The first kappa shape index (κ1) is 19.2. The maximum absolute atomic E-state index is 10.6. The molecule has 5 atom stereocenters. The molecule has 1 aromatic carbocycles. The van der Waals surface area contributed by atoms with Gasteiger partial charge in [0.25, 0.3) is 0 Å². The van der Waals surface area contributed by atoms with Gasteiger partial charge in [-0.15, -0.1) is 11.3 Å². The number of benzene rings is 1. The highest BCUT2D eigenvalue weighted by molar-refractivity contribution is 7.09. The Bertz CT molecular complexity index is 798. The lowest BCUT2D eigenvalue weighted by Gasteiger charge is -2.33. The van der Waals surface area contributed by atoms with E-state index in [4.69, 9.17) is 21.1 Å². The van der Waals surface area contributed by atoms with Crippen molar-refractivity contribution >= 4 is 22.9 Å². The quantitative estimate of drug-likeness (QED) is 0.783. The topological polar surface area (TPSA) is 71.8 Å². The average molecular weight is 410 g/mol. The minimum atomic E-state index is -0.420. The summed E-state index contributed by atoms with van der Waals surface area (Å²) in [6.07, 6.45) is 2.06. The van der Waals surface area contributed by atoms with Gasteiger partial charge in [-0.05, 0) is 49.4 Å². The molecule has 2 fully saturated rings. The molecule has 0 radical (unpaired) electrons. The molecule has 2 aliphatic rings. The molecule has 27 heavy (non-hydrogen) atoms. The van der Waals surface area contributed by atoms with Crippen LogP contribution in [0.2, 0.25) is 5.02 Å². The normalized spacial score (nSPS) is 30.3. The van der Waals surface area contributed by atoms with Gasteiger partial charge in [0, 0.05) is 22.7 Å². The molecule has 5 nitrogen and oxygen atoms in total. The molecule has 0 unspecified atom stereocenters. The van der Waals surface area contributed by atoms with Gasteiger partial charge in [0.2, 0.25) is 0 Å². The van der Waals surface area contributed by atoms with Crippen molar-refractivity contribution in [3.63, 3.8) is 0 Å². The third-order valence-electron chi connectivity index (χ3n) is 5.68. The van der Waals surface area contributed by atoms with Crippen LogP contribution in [0.5, 0.6) is 5.75 Å². The van der Waals surface area contributed by atoms with Crippen molar-refractivity contribution < 1.29 is 19.7 Å². The van der Waals surface area contributed by atoms with Gasteiger partial charge >= 0.3 is 0 Å². The molecule has 2 N–H and O–H groups in total. The van der Waals surface area contributed by atoms with E-state index in [0.29, 0.717) is 24.6 Å². The maximum atomic E-state index is 10.6. The van der Waals surface area contributed by atoms with E-state index < -0.39 is 6.10 Å². The number of fused-ring (bicyclic) bond motifs is 1. The number of hydrogen-bond acceptors (Lipinski definition) is 6. The van der Waals surface area contributed by atoms with E-state index in [9.17, 15) is 10.2 Å². The smallest absolute Gasteiger partial charge is 0.122 e. The number of aliphatic hydroxyl groups is 2. The zero-order valence-electron chi connectivity index (χ0n) is 15.2. The van der Waals surface area contributed by atoms with E-state index in [1.807, 2.05) is 30.5 Å². The fourth-order valence-electron chi connectivity index (χ4n) is 4.19. The number of aromatic nitrogens is 1. The molecule has 2 aromatic rings. The van der Waals surface area contributed by atoms with Crippen LogP contribution >= 0.6 is 22.9 Å². The molecule has 1 saturated heterocycles. The van der Waals surface area contributed by atoms with E-state index in [0.717, 1.165) is 34.2 Å². The van der Waals surface area contributed by atoms with Crippen molar-refractivity contribution in [3.05, 3.63) is 44.9 Å². The zero-order valence-corrected chi connectivity index (χ0v) is 16.7. The molecule has 0 bridgehead atoms. The Labute approximate surface area is 167 Å². The predicted molar refractivity (Wildman–Crippen MR) is 104 cm³/mol. The Kier molecular flexibility index (Phi) is 5.71. The van der Waals surface area contributed by atoms with E-state index in [1.54, 1.807) is 0 Å². The molecule has 7 heteroatoms. The first-order valence-corrected chi connectivity index (χ1v) is 10.6. The Balaban J connectivity index is 1.38. The van der Waals surface area contributed by atoms with Gasteiger partial charge in [-0.3, -0.25) is 0 Å². The zero-order chi connectivity index (χ0) is 19.0. The first-order valence-electron chi connectivity index (χ1n) is 9.32. The largest absolute Gasteiger partial charge is 0.493 e. The standard InChI is InChI=1S/C20H24ClNO4S/c1-11-6-13(2-4-16(11)21)25-9-15-14-3-5-18(26-19(14)7-17(15)24)20-22-12(8-23)10-27-20/h2,4,6,10,14-15,17-19,23-24H,3,5,7-9H2,1H3/t14-,15-,17+,18-,19+/m1/s1. The highest BCUT2D eigenvalue weighted by Crippen LogP contribution is 2.46. The van der Waals surface area contributed by atoms with Crippen molar-refractivity contribution in [3.8, 4) is 5.75 Å². The Morgan fingerprint density at radius 1 is 1.37 bits per heavy atom. The third kappa shape index (κ3) is 4.00. The fraction of sp³-hybridized carbons (Fsp3) is 0.550. The number of nitrogens with zero attached hydrogens (tertiary/aromatic N) is 1. The second kappa shape index (κ2) is 8.05. The number of hydrogen-bond donors (Lipinski definition) is 2. The Hall–Kier alpha value is -1.18. The van der Waals surface area contributed by atoms with Crippen LogP contribution in [0, 0.1) is 18.8 Å². The summed E-state index contributed by atoms with van der Waals surface area (Å²) in [4.78, 5) is 4.44. The second-order valence-corrected chi connectivity index (χ2v) is 8.73. The summed E-state index contributed by atoms with van der Waals surface area (Å²) >= 11 is 7.60. The van der Waals surface area contributed by atoms with Gasteiger partial charge in [-0.1, -0.05) is 11.6 Å². The summed E-state index contributed by atoms with van der Waals surface area (Å²) in [5.41, 5.74) is 1.67. The lowest BCUT2D eigenvalue weighted by atomic mass is 9.87. The molecule has 1 aromatic heterocycles. The predicted octanol–water partition coefficient (Wildman–Crippen LogP) is 3.89. The van der Waals surface area contributed by atoms with Gasteiger partial charge in [0.15, 0.2) is 0 Å². The number of rotatable bonds is 5. The molecular weight excluding hydrogens is 386 g/mol. The summed E-state index contributed by atoms with van der Waals surface area (Å²) in [6, 6.07) is 5.63. The molecule has 4 rings (SSSR count). The third-order valence-corrected chi connectivity index (χ3v) is 7.09. The maximum Gasteiger partial charge on any atom is 0.122 e. The molecule has 146 valence electrons. The van der Waals surface area contributed by atoms with Gasteiger partial charge < -0.3 is 19.7 Å². The van der Waals surface area contributed by atoms with E-state index in [2.05, 4.69) is 4.98 Å². The molecule has 0 amide bonds. The van der Waals surface area contributed by atoms with Gasteiger partial charge in [0.1, 0.15) is 16.9 Å².